The summed E-state index contributed by atoms with van der Waals surface area (Å²) in [6.45, 7) is 3.75. The molecule has 24 heavy (non-hydrogen) atoms. The number of fused-ring (bicyclic) bond motifs is 1. The van der Waals surface area contributed by atoms with E-state index in [-0.39, 0.29) is 11.4 Å². The average Bonchev–Trinajstić information content (AvgIpc) is 2.60. The Morgan fingerprint density at radius 1 is 1.25 bits per heavy atom. The zero-order chi connectivity index (χ0) is 17.4. The van der Waals surface area contributed by atoms with Crippen molar-refractivity contribution in [3.05, 3.63) is 55.1 Å². The molecule has 0 spiro atoms. The summed E-state index contributed by atoms with van der Waals surface area (Å²) in [4.78, 5) is 0.137. The lowest BCUT2D eigenvalue weighted by Crippen LogP contribution is -2.27. The summed E-state index contributed by atoms with van der Waals surface area (Å²) in [5, 5.41) is 1.49. The fourth-order valence-electron chi connectivity index (χ4n) is 2.23. The molecular weight excluding hydrogens is 342 g/mol. The molecule has 0 aliphatic heterocycles. The third-order valence-electron chi connectivity index (χ3n) is 3.41. The summed E-state index contributed by atoms with van der Waals surface area (Å²) in [6.07, 6.45) is 3.84. The van der Waals surface area contributed by atoms with Crippen molar-refractivity contribution in [2.24, 2.45) is 0 Å². The second-order valence-electron chi connectivity index (χ2n) is 5.15. The smallest absolute Gasteiger partial charge is 0.221 e. The molecule has 5 heteroatoms. The Morgan fingerprint density at radius 2 is 2.04 bits per heavy atom. The van der Waals surface area contributed by atoms with Crippen LogP contribution in [0.25, 0.3) is 10.8 Å². The number of hydrogen-bond donors (Lipinski definition) is 0. The zero-order valence-electron chi connectivity index (χ0n) is 13.3. The molecule has 0 heterocycles. The predicted molar refractivity (Wildman–Crippen MR) is 99.2 cm³/mol. The maximum absolute atomic E-state index is 13.0. The van der Waals surface area contributed by atoms with Gasteiger partial charge in [0.1, 0.15) is 4.90 Å². The second-order valence-corrected chi connectivity index (χ2v) is 7.33. The van der Waals surface area contributed by atoms with Crippen molar-refractivity contribution in [1.82, 2.24) is 4.31 Å². The molecule has 0 atom stereocenters. The number of unbranched alkanes of at least 4 members (excludes halogenated alkanes) is 2. The van der Waals surface area contributed by atoms with Crippen LogP contribution in [0, 0.1) is 18.0 Å². The van der Waals surface area contributed by atoms with Crippen LogP contribution in [0.1, 0.15) is 19.3 Å². The van der Waals surface area contributed by atoms with Crippen LogP contribution in [0.5, 0.6) is 0 Å². The van der Waals surface area contributed by atoms with E-state index in [2.05, 4.69) is 24.6 Å². The first kappa shape index (κ1) is 18.4. The van der Waals surface area contributed by atoms with Gasteiger partial charge in [0.05, 0.1) is 6.54 Å². The lowest BCUT2D eigenvalue weighted by atomic mass is 10.1. The van der Waals surface area contributed by atoms with E-state index in [9.17, 15) is 8.42 Å². The van der Waals surface area contributed by atoms with E-state index in [1.54, 1.807) is 12.1 Å². The average molecular weight is 361 g/mol. The summed E-state index contributed by atoms with van der Waals surface area (Å²) in [7, 11) is -3.78. The fraction of sp³-hybridized carbons (Fsp3) is 0.263. The molecule has 0 bridgehead atoms. The Bertz CT molecular complexity index is 860. The van der Waals surface area contributed by atoms with E-state index in [1.807, 2.05) is 24.3 Å². The van der Waals surface area contributed by atoms with Crippen molar-refractivity contribution >= 4 is 32.4 Å². The molecule has 0 amide bonds. The quantitative estimate of drug-likeness (QED) is 0.244. The molecule has 2 aromatic carbocycles. The van der Waals surface area contributed by atoms with Crippen LogP contribution in [0.4, 0.5) is 0 Å². The van der Waals surface area contributed by atoms with Crippen LogP contribution < -0.4 is 0 Å². The van der Waals surface area contributed by atoms with Gasteiger partial charge in [-0.25, -0.2) is 12.7 Å². The van der Waals surface area contributed by atoms with Crippen LogP contribution in [-0.4, -0.2) is 25.1 Å². The van der Waals surface area contributed by atoms with Crippen molar-refractivity contribution in [1.29, 1.82) is 0 Å². The van der Waals surface area contributed by atoms with Gasteiger partial charge in [0.25, 0.3) is 10.0 Å². The Balaban J connectivity index is 2.38. The second kappa shape index (κ2) is 8.77. The Hall–Kier alpha value is -1.96. The van der Waals surface area contributed by atoms with Crippen molar-refractivity contribution in [2.75, 3.05) is 12.4 Å². The maximum Gasteiger partial charge on any atom is 0.272 e. The first-order chi connectivity index (χ1) is 11.6. The van der Waals surface area contributed by atoms with E-state index in [1.165, 1.54) is 6.08 Å². The Kier molecular flexibility index (Phi) is 6.72. The van der Waals surface area contributed by atoms with Gasteiger partial charge in [-0.15, -0.1) is 18.2 Å². The van der Waals surface area contributed by atoms with E-state index in [0.29, 0.717) is 17.7 Å². The van der Waals surface area contributed by atoms with Crippen LogP contribution in [0.15, 0.2) is 53.9 Å². The van der Waals surface area contributed by atoms with Crippen molar-refractivity contribution in [3.8, 4) is 12.0 Å². The number of nitrogens with zero attached hydrogens (tertiary/aromatic N) is 1. The number of rotatable bonds is 7. The molecule has 1 radical (unpaired) electrons. The third-order valence-corrected chi connectivity index (χ3v) is 5.36. The van der Waals surface area contributed by atoms with E-state index < -0.39 is 10.0 Å². The van der Waals surface area contributed by atoms with E-state index >= 15 is 0 Å². The number of sulfonamides is 1. The van der Waals surface area contributed by atoms with Gasteiger partial charge in [0.15, 0.2) is 0 Å². The van der Waals surface area contributed by atoms with E-state index in [4.69, 9.17) is 11.6 Å². The van der Waals surface area contributed by atoms with Gasteiger partial charge in [-0.05, 0) is 18.2 Å². The minimum atomic E-state index is -3.78. The highest BCUT2D eigenvalue weighted by molar-refractivity contribution is 7.89. The van der Waals surface area contributed by atoms with Crippen LogP contribution >= 0.6 is 11.6 Å². The molecule has 0 aliphatic carbocycles. The van der Waals surface area contributed by atoms with Gasteiger partial charge in [0.2, 0.25) is 0 Å². The van der Waals surface area contributed by atoms with Gasteiger partial charge in [0, 0.05) is 29.8 Å². The first-order valence-electron chi connectivity index (χ1n) is 7.69. The Labute approximate surface area is 149 Å². The number of benzene rings is 2. The monoisotopic (exact) mass is 360 g/mol. The minimum Gasteiger partial charge on any atom is -0.221 e. The third kappa shape index (κ3) is 4.31. The predicted octanol–water partition coefficient (Wildman–Crippen LogP) is 4.19. The maximum atomic E-state index is 13.0. The highest BCUT2D eigenvalue weighted by Gasteiger charge is 2.23. The fourth-order valence-corrected chi connectivity index (χ4v) is 3.81. The molecule has 0 N–H and O–H groups in total. The molecule has 2 aromatic rings. The highest BCUT2D eigenvalue weighted by Crippen LogP contribution is 2.25. The molecule has 0 saturated carbocycles. The van der Waals surface area contributed by atoms with Crippen LogP contribution in [-0.2, 0) is 10.0 Å². The van der Waals surface area contributed by atoms with Crippen molar-refractivity contribution in [2.45, 2.75) is 24.2 Å². The largest absolute Gasteiger partial charge is 0.272 e. The molecule has 0 aromatic heterocycles. The van der Waals surface area contributed by atoms with Crippen LogP contribution in [0.3, 0.4) is 0 Å². The summed E-state index contributed by atoms with van der Waals surface area (Å²) in [6, 6.07) is 16.4. The minimum absolute atomic E-state index is 0.127. The summed E-state index contributed by atoms with van der Waals surface area (Å²) >= 11 is 5.63. The molecule has 0 aliphatic rings. The van der Waals surface area contributed by atoms with Gasteiger partial charge in [-0.2, -0.15) is 0 Å². The van der Waals surface area contributed by atoms with Gasteiger partial charge >= 0.3 is 0 Å². The van der Waals surface area contributed by atoms with Crippen molar-refractivity contribution in [3.63, 3.8) is 0 Å². The molecule has 0 saturated heterocycles. The zero-order valence-corrected chi connectivity index (χ0v) is 14.9. The Morgan fingerprint density at radius 3 is 2.79 bits per heavy atom. The van der Waals surface area contributed by atoms with Gasteiger partial charge in [-0.1, -0.05) is 48.4 Å². The lowest BCUT2D eigenvalue weighted by Gasteiger charge is -2.17. The van der Waals surface area contributed by atoms with E-state index in [0.717, 1.165) is 22.5 Å². The number of hydrogen-bond acceptors (Lipinski definition) is 2. The molecule has 3 nitrogen and oxygen atoms in total. The molecule has 0 fully saturated rings. The highest BCUT2D eigenvalue weighted by atomic mass is 35.5. The van der Waals surface area contributed by atoms with Crippen molar-refractivity contribution < 1.29 is 8.42 Å². The summed E-state index contributed by atoms with van der Waals surface area (Å²) in [5.41, 5.74) is 0. The molecule has 2 rings (SSSR count). The first-order valence-corrected chi connectivity index (χ1v) is 9.66. The standard InChI is InChI=1S/C19H19ClNO2S/c1-2-15-21(16-8-4-3-7-14-20)24(22,23)19-13-9-11-17-10-5-6-12-18(17)19/h2,5-6,9-12H,1,3-4,7,14-15H2. The molecular formula is C19H19ClNO2S. The normalized spacial score (nSPS) is 10.9. The number of halogens is 1. The van der Waals surface area contributed by atoms with Gasteiger partial charge in [-0.3, -0.25) is 0 Å². The summed E-state index contributed by atoms with van der Waals surface area (Å²) < 4.78 is 27.1. The number of alkyl halides is 1. The lowest BCUT2D eigenvalue weighted by molar-refractivity contribution is 0.533. The molecule has 125 valence electrons. The topological polar surface area (TPSA) is 37.4 Å². The summed E-state index contributed by atoms with van der Waals surface area (Å²) in [5.74, 6) is 3.49. The van der Waals surface area contributed by atoms with Gasteiger partial charge < -0.3 is 0 Å². The van der Waals surface area contributed by atoms with Crippen LogP contribution in [0.2, 0.25) is 0 Å². The molecule has 0 unspecified atom stereocenters. The SMILES string of the molecule is C=CCN(C#CCCCCCl)S(=O)(=O)c1[c]ccc2ccccc12.